The smallest absolute Gasteiger partial charge is 0.315 e. The molecule has 0 heterocycles. The Labute approximate surface area is 182 Å². The molecule has 3 aromatic rings. The maximum Gasteiger partial charge on any atom is 0.315 e. The molecule has 0 aliphatic heterocycles. The molecule has 7 heteroatoms. The number of carbonyl (C=O) groups is 1. The molecule has 0 bridgehead atoms. The molecule has 0 amide bonds. The molecule has 2 unspecified atom stereocenters. The Morgan fingerprint density at radius 2 is 1.52 bits per heavy atom. The highest BCUT2D eigenvalue weighted by atomic mass is 32.2. The van der Waals surface area contributed by atoms with Gasteiger partial charge in [-0.1, -0.05) is 72.8 Å². The average molecular weight is 440 g/mol. The van der Waals surface area contributed by atoms with Gasteiger partial charge in [0.15, 0.2) is 0 Å². The van der Waals surface area contributed by atoms with Gasteiger partial charge in [0.05, 0.1) is 12.2 Å². The first-order valence-electron chi connectivity index (χ1n) is 9.81. The maximum atomic E-state index is 13.1. The fourth-order valence-electron chi connectivity index (χ4n) is 3.32. The van der Waals surface area contributed by atoms with Crippen LogP contribution in [-0.2, 0) is 32.7 Å². The minimum atomic E-state index is -3.70. The van der Waals surface area contributed by atoms with E-state index in [2.05, 4.69) is 0 Å². The molecule has 162 valence electrons. The van der Waals surface area contributed by atoms with Crippen LogP contribution in [0.15, 0.2) is 84.9 Å². The maximum absolute atomic E-state index is 13.1. The lowest BCUT2D eigenvalue weighted by Crippen LogP contribution is -2.36. The first-order valence-corrected chi connectivity index (χ1v) is 11.6. The molecule has 31 heavy (non-hydrogen) atoms. The van der Waals surface area contributed by atoms with E-state index in [0.717, 1.165) is 17.4 Å². The second kappa shape index (κ2) is 10.2. The number of hydrogen-bond donors (Lipinski definition) is 1. The number of carbonyl (C=O) groups excluding carboxylic acids is 1. The van der Waals surface area contributed by atoms with Crippen LogP contribution in [-0.4, -0.2) is 26.7 Å². The summed E-state index contributed by atoms with van der Waals surface area (Å²) in [6.45, 7) is 0.119. The first-order chi connectivity index (χ1) is 14.8. The molecule has 0 aromatic heterocycles. The average Bonchev–Trinajstić information content (AvgIpc) is 2.73. The van der Waals surface area contributed by atoms with E-state index < -0.39 is 28.0 Å². The van der Waals surface area contributed by atoms with Crippen molar-refractivity contribution in [2.24, 2.45) is 5.73 Å². The molecule has 3 rings (SSSR count). The van der Waals surface area contributed by atoms with Crippen LogP contribution in [0.4, 0.5) is 0 Å². The molecule has 0 radical (unpaired) electrons. The van der Waals surface area contributed by atoms with Gasteiger partial charge in [-0.2, -0.15) is 8.42 Å². The van der Waals surface area contributed by atoms with E-state index in [9.17, 15) is 13.2 Å². The Hall–Kier alpha value is -3.16. The van der Waals surface area contributed by atoms with E-state index in [4.69, 9.17) is 14.7 Å². The lowest BCUT2D eigenvalue weighted by molar-refractivity contribution is -0.147. The topological polar surface area (TPSA) is 95.7 Å². The molecule has 3 aromatic carbocycles. The van der Waals surface area contributed by atoms with Crippen LogP contribution < -0.4 is 9.92 Å². The van der Waals surface area contributed by atoms with Crippen LogP contribution in [0.25, 0.3) is 0 Å². The second-order valence-electron chi connectivity index (χ2n) is 7.28. The summed E-state index contributed by atoms with van der Waals surface area (Å²) in [5.41, 5.74) is 8.85. The van der Waals surface area contributed by atoms with E-state index in [1.165, 1.54) is 12.1 Å². The summed E-state index contributed by atoms with van der Waals surface area (Å²) in [6.07, 6.45) is 1.41. The summed E-state index contributed by atoms with van der Waals surface area (Å²) in [7, 11) is -3.70. The molecule has 0 saturated heterocycles. The Kier molecular flexibility index (Phi) is 7.44. The summed E-state index contributed by atoms with van der Waals surface area (Å²) in [5, 5.41) is 0. The molecular weight excluding hydrogens is 414 g/mol. The third-order valence-corrected chi connectivity index (χ3v) is 5.18. The molecule has 2 N–H and O–H groups in total. The van der Waals surface area contributed by atoms with E-state index in [-0.39, 0.29) is 12.4 Å². The van der Waals surface area contributed by atoms with E-state index >= 15 is 0 Å². The highest BCUT2D eigenvalue weighted by Crippen LogP contribution is 2.27. The van der Waals surface area contributed by atoms with Gasteiger partial charge in [-0.05, 0) is 35.2 Å². The van der Waals surface area contributed by atoms with Crippen molar-refractivity contribution in [3.63, 3.8) is 0 Å². The van der Waals surface area contributed by atoms with Gasteiger partial charge >= 0.3 is 16.1 Å². The molecule has 0 aliphatic rings. The lowest BCUT2D eigenvalue weighted by atomic mass is 9.88. The second-order valence-corrected chi connectivity index (χ2v) is 8.86. The van der Waals surface area contributed by atoms with Gasteiger partial charge in [-0.15, -0.1) is 0 Å². The fraction of sp³-hybridized carbons (Fsp3) is 0.208. The Morgan fingerprint density at radius 3 is 2.13 bits per heavy atom. The van der Waals surface area contributed by atoms with Gasteiger partial charge in [-0.3, -0.25) is 4.79 Å². The number of esters is 1. The quantitative estimate of drug-likeness (QED) is 0.405. The van der Waals surface area contributed by atoms with Gasteiger partial charge in [0.1, 0.15) is 12.4 Å². The molecule has 2 atom stereocenters. The van der Waals surface area contributed by atoms with E-state index in [1.807, 2.05) is 60.7 Å². The molecule has 0 fully saturated rings. The highest BCUT2D eigenvalue weighted by Gasteiger charge is 2.30. The van der Waals surface area contributed by atoms with Crippen LogP contribution >= 0.6 is 0 Å². The molecule has 0 aliphatic carbocycles. The molecule has 0 saturated carbocycles. The van der Waals surface area contributed by atoms with Crippen molar-refractivity contribution in [3.8, 4) is 5.75 Å². The van der Waals surface area contributed by atoms with Crippen molar-refractivity contribution in [2.75, 3.05) is 6.26 Å². The standard InChI is InChI=1S/C24H25NO5S/c1-31(27,28)30-21-14-8-13-20(16-21)23(22(25)15-18-9-4-2-5-10-18)24(26)29-17-19-11-6-3-7-12-19/h2-14,16,22-23H,15,17,25H2,1H3. The minimum absolute atomic E-state index is 0.118. The number of rotatable bonds is 9. The monoisotopic (exact) mass is 439 g/mol. The number of hydrogen-bond acceptors (Lipinski definition) is 6. The van der Waals surface area contributed by atoms with Gasteiger partial charge in [0.2, 0.25) is 0 Å². The van der Waals surface area contributed by atoms with Crippen LogP contribution in [0.5, 0.6) is 5.75 Å². The Bertz CT molecular complexity index is 1100. The number of ether oxygens (including phenoxy) is 1. The normalized spacial score (nSPS) is 13.2. The van der Waals surface area contributed by atoms with Crippen molar-refractivity contribution >= 4 is 16.1 Å². The predicted molar refractivity (Wildman–Crippen MR) is 119 cm³/mol. The van der Waals surface area contributed by atoms with Crippen molar-refractivity contribution in [1.82, 2.24) is 0 Å². The van der Waals surface area contributed by atoms with Crippen molar-refractivity contribution in [2.45, 2.75) is 25.0 Å². The van der Waals surface area contributed by atoms with Gasteiger partial charge < -0.3 is 14.7 Å². The SMILES string of the molecule is CS(=O)(=O)Oc1cccc(C(C(=O)OCc2ccccc2)C(N)Cc2ccccc2)c1. The van der Waals surface area contributed by atoms with Crippen LogP contribution in [0.3, 0.4) is 0 Å². The zero-order valence-electron chi connectivity index (χ0n) is 17.2. The molecule has 0 spiro atoms. The van der Waals surface area contributed by atoms with Gasteiger partial charge in [-0.25, -0.2) is 0 Å². The van der Waals surface area contributed by atoms with Crippen molar-refractivity contribution in [1.29, 1.82) is 0 Å². The zero-order valence-corrected chi connectivity index (χ0v) is 18.0. The Morgan fingerprint density at radius 1 is 0.903 bits per heavy atom. The molecular formula is C24H25NO5S. The van der Waals surface area contributed by atoms with Gasteiger partial charge in [0, 0.05) is 6.04 Å². The highest BCUT2D eigenvalue weighted by molar-refractivity contribution is 7.86. The Balaban J connectivity index is 1.86. The third-order valence-electron chi connectivity index (χ3n) is 4.69. The molecule has 6 nitrogen and oxygen atoms in total. The summed E-state index contributed by atoms with van der Waals surface area (Å²) >= 11 is 0. The summed E-state index contributed by atoms with van der Waals surface area (Å²) < 4.78 is 33.6. The van der Waals surface area contributed by atoms with E-state index in [1.54, 1.807) is 12.1 Å². The van der Waals surface area contributed by atoms with Gasteiger partial charge in [0.25, 0.3) is 0 Å². The van der Waals surface area contributed by atoms with E-state index in [0.29, 0.717) is 12.0 Å². The van der Waals surface area contributed by atoms with Crippen LogP contribution in [0.2, 0.25) is 0 Å². The van der Waals surface area contributed by atoms with Crippen LogP contribution in [0.1, 0.15) is 22.6 Å². The summed E-state index contributed by atoms with van der Waals surface area (Å²) in [6, 6.07) is 24.8. The number of nitrogens with two attached hydrogens (primary N) is 1. The number of benzene rings is 3. The lowest BCUT2D eigenvalue weighted by Gasteiger charge is -2.23. The summed E-state index contributed by atoms with van der Waals surface area (Å²) in [5.74, 6) is -1.16. The third kappa shape index (κ3) is 6.94. The van der Waals surface area contributed by atoms with Crippen molar-refractivity contribution in [3.05, 3.63) is 102 Å². The largest absolute Gasteiger partial charge is 0.460 e. The van der Waals surface area contributed by atoms with Crippen LogP contribution in [0, 0.1) is 0 Å². The first kappa shape index (κ1) is 22.5. The fourth-order valence-corrected chi connectivity index (χ4v) is 3.77. The van der Waals surface area contributed by atoms with Crippen molar-refractivity contribution < 1.29 is 22.1 Å². The summed E-state index contributed by atoms with van der Waals surface area (Å²) in [4.78, 5) is 13.1. The minimum Gasteiger partial charge on any atom is -0.460 e. The predicted octanol–water partition coefficient (Wildman–Crippen LogP) is 3.42. The zero-order chi connectivity index (χ0) is 22.3.